The van der Waals surface area contributed by atoms with E-state index >= 15 is 0 Å². The minimum atomic E-state index is -4.22. The summed E-state index contributed by atoms with van der Waals surface area (Å²) in [6.07, 6.45) is 0.712. The van der Waals surface area contributed by atoms with Gasteiger partial charge in [-0.15, -0.1) is 0 Å². The molecule has 1 N–H and O–H groups in total. The van der Waals surface area contributed by atoms with E-state index in [2.05, 4.69) is 5.32 Å². The molecule has 3 rings (SSSR count). The number of nitrogens with zero attached hydrogens (tertiary/aromatic N) is 2. The van der Waals surface area contributed by atoms with Gasteiger partial charge in [-0.1, -0.05) is 48.3 Å². The highest BCUT2D eigenvalue weighted by Gasteiger charge is 2.33. The molecule has 0 bridgehead atoms. The topological polar surface area (TPSA) is 96.0 Å². The molecule has 11 heteroatoms. The Labute approximate surface area is 245 Å². The van der Waals surface area contributed by atoms with Crippen LogP contribution < -0.4 is 14.4 Å². The second-order valence-electron chi connectivity index (χ2n) is 9.31. The van der Waals surface area contributed by atoms with Crippen LogP contribution in [-0.4, -0.2) is 50.9 Å². The van der Waals surface area contributed by atoms with Crippen molar-refractivity contribution >= 4 is 50.7 Å². The van der Waals surface area contributed by atoms with Crippen molar-refractivity contribution in [3.63, 3.8) is 0 Å². The molecule has 0 unspecified atom stereocenters. The highest BCUT2D eigenvalue weighted by atomic mass is 35.5. The number of halogens is 2. The van der Waals surface area contributed by atoms with Gasteiger partial charge in [-0.05, 0) is 80.4 Å². The third-order valence-corrected chi connectivity index (χ3v) is 8.69. The van der Waals surface area contributed by atoms with Gasteiger partial charge in [-0.3, -0.25) is 13.9 Å². The number of sulfonamides is 1. The van der Waals surface area contributed by atoms with Crippen LogP contribution in [0.2, 0.25) is 10.0 Å². The van der Waals surface area contributed by atoms with Crippen LogP contribution in [0, 0.1) is 0 Å². The van der Waals surface area contributed by atoms with Gasteiger partial charge in [0.1, 0.15) is 18.3 Å². The molecular weight excluding hydrogens is 573 g/mol. The van der Waals surface area contributed by atoms with Crippen molar-refractivity contribution in [2.75, 3.05) is 18.0 Å². The van der Waals surface area contributed by atoms with Gasteiger partial charge in [0.2, 0.25) is 11.8 Å². The number of carbonyl (C=O) groups is 2. The number of hydrogen-bond donors (Lipinski definition) is 1. The maximum absolute atomic E-state index is 13.9. The van der Waals surface area contributed by atoms with E-state index < -0.39 is 28.5 Å². The molecule has 2 atom stereocenters. The molecule has 40 heavy (non-hydrogen) atoms. The molecule has 3 aromatic carbocycles. The first-order valence-corrected chi connectivity index (χ1v) is 14.9. The zero-order chi connectivity index (χ0) is 29.4. The molecule has 0 heterocycles. The number of amides is 2. The summed E-state index contributed by atoms with van der Waals surface area (Å²) in [6.45, 7) is 4.89. The largest absolute Gasteiger partial charge is 0.497 e. The van der Waals surface area contributed by atoms with E-state index in [9.17, 15) is 18.0 Å². The lowest BCUT2D eigenvalue weighted by Gasteiger charge is -2.32. The van der Waals surface area contributed by atoms with E-state index in [0.29, 0.717) is 27.8 Å². The summed E-state index contributed by atoms with van der Waals surface area (Å²) in [5, 5.41) is 3.68. The lowest BCUT2D eigenvalue weighted by atomic mass is 10.1. The molecule has 0 aliphatic rings. The standard InChI is InChI=1S/C29H33Cl2N3O5S/c1-5-20(2)32-29(36)21(3)33(18-22-8-6-9-23(30)16-22)28(35)19-34(25-11-7-10-24(31)17-25)40(37,38)27-14-12-26(39-4)13-15-27/h6-17,20-21H,5,18-19H2,1-4H3,(H,32,36)/t20-,21+/m1/s1. The Balaban J connectivity index is 2.03. The zero-order valence-electron chi connectivity index (χ0n) is 22.8. The van der Waals surface area contributed by atoms with Gasteiger partial charge in [-0.2, -0.15) is 0 Å². The average molecular weight is 607 g/mol. The minimum Gasteiger partial charge on any atom is -0.497 e. The molecule has 2 amide bonds. The Hall–Kier alpha value is -3.27. The normalized spacial score (nSPS) is 12.8. The van der Waals surface area contributed by atoms with Crippen molar-refractivity contribution in [1.29, 1.82) is 0 Å². The second-order valence-corrected chi connectivity index (χ2v) is 12.0. The fraction of sp³-hybridized carbons (Fsp3) is 0.310. The van der Waals surface area contributed by atoms with Gasteiger partial charge < -0.3 is 15.0 Å². The van der Waals surface area contributed by atoms with Crippen LogP contribution >= 0.6 is 23.2 Å². The van der Waals surface area contributed by atoms with Crippen LogP contribution in [0.15, 0.2) is 77.7 Å². The van der Waals surface area contributed by atoms with E-state index in [1.165, 1.54) is 42.3 Å². The fourth-order valence-electron chi connectivity index (χ4n) is 3.92. The first-order valence-electron chi connectivity index (χ1n) is 12.7. The number of ether oxygens (including phenoxy) is 1. The van der Waals surface area contributed by atoms with E-state index in [0.717, 1.165) is 4.31 Å². The van der Waals surface area contributed by atoms with Crippen molar-refractivity contribution in [2.24, 2.45) is 0 Å². The molecule has 0 radical (unpaired) electrons. The van der Waals surface area contributed by atoms with E-state index in [1.54, 1.807) is 49.4 Å². The third-order valence-electron chi connectivity index (χ3n) is 6.43. The summed E-state index contributed by atoms with van der Waals surface area (Å²) >= 11 is 12.4. The van der Waals surface area contributed by atoms with Crippen molar-refractivity contribution in [2.45, 2.75) is 50.7 Å². The van der Waals surface area contributed by atoms with Gasteiger partial charge in [0.05, 0.1) is 17.7 Å². The number of benzene rings is 3. The molecule has 214 valence electrons. The summed E-state index contributed by atoms with van der Waals surface area (Å²) in [5.74, 6) is -0.445. The van der Waals surface area contributed by atoms with Crippen molar-refractivity contribution in [3.05, 3.63) is 88.4 Å². The first kappa shape index (κ1) is 31.3. The van der Waals surface area contributed by atoms with Gasteiger partial charge in [0.15, 0.2) is 0 Å². The van der Waals surface area contributed by atoms with Gasteiger partial charge in [0, 0.05) is 22.6 Å². The van der Waals surface area contributed by atoms with Crippen molar-refractivity contribution in [1.82, 2.24) is 10.2 Å². The molecule has 3 aromatic rings. The van der Waals surface area contributed by atoms with Crippen LogP contribution in [0.1, 0.15) is 32.8 Å². The molecule has 0 saturated carbocycles. The van der Waals surface area contributed by atoms with Gasteiger partial charge >= 0.3 is 0 Å². The number of rotatable bonds is 12. The molecule has 0 spiro atoms. The summed E-state index contributed by atoms with van der Waals surface area (Å²) < 4.78 is 33.9. The van der Waals surface area contributed by atoms with Crippen LogP contribution in [0.4, 0.5) is 5.69 Å². The number of anilines is 1. The average Bonchev–Trinajstić information content (AvgIpc) is 2.93. The Morgan fingerprint density at radius 1 is 0.950 bits per heavy atom. The lowest BCUT2D eigenvalue weighted by Crippen LogP contribution is -2.52. The second kappa shape index (κ2) is 13.9. The first-order chi connectivity index (χ1) is 19.0. The number of hydrogen-bond acceptors (Lipinski definition) is 5. The summed E-state index contributed by atoms with van der Waals surface area (Å²) in [4.78, 5) is 28.4. The number of methoxy groups -OCH3 is 1. The van der Waals surface area contributed by atoms with E-state index in [4.69, 9.17) is 27.9 Å². The van der Waals surface area contributed by atoms with Gasteiger partial charge in [-0.25, -0.2) is 8.42 Å². The molecule has 0 saturated heterocycles. The maximum Gasteiger partial charge on any atom is 0.264 e. The number of nitrogens with one attached hydrogen (secondary N) is 1. The van der Waals surface area contributed by atoms with E-state index in [1.807, 2.05) is 13.8 Å². The Kier molecular flexibility index (Phi) is 10.8. The summed E-state index contributed by atoms with van der Waals surface area (Å²) in [6, 6.07) is 18.0. The molecule has 0 aromatic heterocycles. The predicted molar refractivity (Wildman–Crippen MR) is 158 cm³/mol. The van der Waals surface area contributed by atoms with Crippen LogP contribution in [0.3, 0.4) is 0 Å². The maximum atomic E-state index is 13.9. The van der Waals surface area contributed by atoms with Crippen LogP contribution in [-0.2, 0) is 26.2 Å². The SMILES string of the molecule is CC[C@@H](C)NC(=O)[C@H](C)N(Cc1cccc(Cl)c1)C(=O)CN(c1cccc(Cl)c1)S(=O)(=O)c1ccc(OC)cc1. The molecule has 0 aliphatic heterocycles. The summed E-state index contributed by atoms with van der Waals surface area (Å²) in [5.41, 5.74) is 0.896. The monoisotopic (exact) mass is 605 g/mol. The fourth-order valence-corrected chi connectivity index (χ4v) is 5.72. The Morgan fingerprint density at radius 3 is 2.15 bits per heavy atom. The van der Waals surface area contributed by atoms with Crippen LogP contribution in [0.25, 0.3) is 0 Å². The van der Waals surface area contributed by atoms with E-state index in [-0.39, 0.29) is 29.1 Å². The zero-order valence-corrected chi connectivity index (χ0v) is 25.1. The predicted octanol–water partition coefficient (Wildman–Crippen LogP) is 5.53. The highest BCUT2D eigenvalue weighted by molar-refractivity contribution is 7.92. The molecule has 0 aliphatic carbocycles. The molecule has 0 fully saturated rings. The lowest BCUT2D eigenvalue weighted by molar-refractivity contribution is -0.139. The number of carbonyl (C=O) groups excluding carboxylic acids is 2. The molecule has 8 nitrogen and oxygen atoms in total. The third kappa shape index (κ3) is 7.90. The smallest absolute Gasteiger partial charge is 0.264 e. The van der Waals surface area contributed by atoms with Crippen LogP contribution in [0.5, 0.6) is 5.75 Å². The Morgan fingerprint density at radius 2 is 1.57 bits per heavy atom. The van der Waals surface area contributed by atoms with Crippen molar-refractivity contribution in [3.8, 4) is 5.75 Å². The summed E-state index contributed by atoms with van der Waals surface area (Å²) in [7, 11) is -2.74. The van der Waals surface area contributed by atoms with Gasteiger partial charge in [0.25, 0.3) is 10.0 Å². The van der Waals surface area contributed by atoms with Crippen molar-refractivity contribution < 1.29 is 22.7 Å². The quantitative estimate of drug-likeness (QED) is 0.293. The highest BCUT2D eigenvalue weighted by Crippen LogP contribution is 2.28. The molecular formula is C29H33Cl2N3O5S. The Bertz CT molecular complexity index is 1430. The minimum absolute atomic E-state index is 0.0370.